The fourth-order valence-corrected chi connectivity index (χ4v) is 1.35. The third-order valence-corrected chi connectivity index (χ3v) is 2.42. The third kappa shape index (κ3) is 6.55. The Morgan fingerprint density at radius 2 is 2.05 bits per heavy atom. The van der Waals surface area contributed by atoms with E-state index in [-0.39, 0.29) is 71.4 Å². The van der Waals surface area contributed by atoms with Crippen LogP contribution < -0.4 is 0 Å². The van der Waals surface area contributed by atoms with Crippen molar-refractivity contribution < 1.29 is 75.4 Å². The van der Waals surface area contributed by atoms with Crippen LogP contribution in [0, 0.1) is 53.3 Å². The summed E-state index contributed by atoms with van der Waals surface area (Å²) in [6, 6.07) is 7.33. The van der Waals surface area contributed by atoms with Gasteiger partial charge in [0.05, 0.1) is 6.26 Å². The Bertz CT molecular complexity index is 490. The molecule has 0 spiro atoms. The van der Waals surface area contributed by atoms with Gasteiger partial charge in [0.25, 0.3) is 0 Å². The normalized spacial score (nSPS) is 10.4. The summed E-state index contributed by atoms with van der Waals surface area (Å²) < 4.78 is 0. The Labute approximate surface area is 170 Å². The number of hydrogen-bond donors (Lipinski definition) is 1. The molecule has 0 fully saturated rings. The molecule has 0 aromatic heterocycles. The number of carbonyl (C=O) groups excluding carboxylic acids is 1. The summed E-state index contributed by atoms with van der Waals surface area (Å²) in [5.74, 6) is -0.175. The smallest absolute Gasteiger partial charge is 0.0816 e. The second-order valence-corrected chi connectivity index (χ2v) is 3.73. The molecule has 0 aliphatic heterocycles. The summed E-state index contributed by atoms with van der Waals surface area (Å²) in [6.45, 7) is 3.44. The largest absolute Gasteiger partial charge is 0.515 e. The maximum Gasteiger partial charge on any atom is 0.0816 e. The number of nitrogens with zero attached hydrogens (tertiary/aromatic N) is 2. The van der Waals surface area contributed by atoms with Crippen molar-refractivity contribution in [1.82, 2.24) is 4.90 Å². The molecular formula is C14H16N2O2VYb-2. The third-order valence-electron chi connectivity index (χ3n) is 2.42. The van der Waals surface area contributed by atoms with Gasteiger partial charge in [-0.05, 0) is 36.7 Å². The minimum Gasteiger partial charge on any atom is -0.515 e. The van der Waals surface area contributed by atoms with Gasteiger partial charge < -0.3 is 26.2 Å². The van der Waals surface area contributed by atoms with E-state index in [9.17, 15) is 4.79 Å². The fraction of sp³-hybridized carbons (Fsp3) is 0.214. The van der Waals surface area contributed by atoms with Crippen LogP contribution >= 0.6 is 0 Å². The molecule has 0 aliphatic rings. The van der Waals surface area contributed by atoms with E-state index < -0.39 is 0 Å². The minimum atomic E-state index is -0.175. The van der Waals surface area contributed by atoms with Crippen molar-refractivity contribution in [2.75, 3.05) is 7.05 Å². The quantitative estimate of drug-likeness (QED) is 0.243. The fourth-order valence-electron chi connectivity index (χ4n) is 1.35. The van der Waals surface area contributed by atoms with Gasteiger partial charge in [-0.15, -0.1) is 0 Å². The van der Waals surface area contributed by atoms with Gasteiger partial charge in [-0.2, -0.15) is 6.92 Å². The van der Waals surface area contributed by atoms with Crippen LogP contribution in [-0.4, -0.2) is 29.3 Å². The van der Waals surface area contributed by atoms with Gasteiger partial charge in [-0.3, -0.25) is 0 Å². The first kappa shape index (κ1) is 22.2. The first-order chi connectivity index (χ1) is 8.60. The first-order valence-electron chi connectivity index (χ1n) is 5.54. The predicted octanol–water partition coefficient (Wildman–Crippen LogP) is 2.82. The van der Waals surface area contributed by atoms with Gasteiger partial charge in [0, 0.05) is 71.8 Å². The molecular weight excluding hydrogens is 452 g/mol. The number of aliphatic hydroxyl groups excluding tert-OH is 1. The zero-order valence-corrected chi connectivity index (χ0v) is 14.5. The number of aliphatic imine (C=N–C) groups is 1. The molecule has 20 heavy (non-hydrogen) atoms. The van der Waals surface area contributed by atoms with Gasteiger partial charge in [-0.1, -0.05) is 24.3 Å². The minimum absolute atomic E-state index is 0. The van der Waals surface area contributed by atoms with Crippen LogP contribution in [0.15, 0.2) is 35.5 Å². The Morgan fingerprint density at radius 1 is 1.45 bits per heavy atom. The molecule has 1 rings (SSSR count). The van der Waals surface area contributed by atoms with Crippen molar-refractivity contribution in [3.05, 3.63) is 42.5 Å². The maximum atomic E-state index is 11.3. The Kier molecular flexibility index (Phi) is 12.8. The van der Waals surface area contributed by atoms with Crippen LogP contribution in [0.4, 0.5) is 5.69 Å². The van der Waals surface area contributed by atoms with Gasteiger partial charge in [0.2, 0.25) is 0 Å². The maximum absolute atomic E-state index is 11.3. The topological polar surface area (TPSA) is 52.9 Å². The molecule has 0 atom stereocenters. The van der Waals surface area contributed by atoms with Crippen LogP contribution in [0.25, 0.3) is 5.57 Å². The molecule has 115 valence electrons. The first-order valence-corrected chi connectivity index (χ1v) is 5.54. The molecule has 1 aromatic carbocycles. The molecule has 0 unspecified atom stereocenters. The van der Waals surface area contributed by atoms with Crippen molar-refractivity contribution >= 4 is 23.5 Å². The monoisotopic (exact) mass is 469 g/mol. The number of hydrogen-bond acceptors (Lipinski definition) is 3. The van der Waals surface area contributed by atoms with E-state index >= 15 is 0 Å². The molecule has 0 aliphatic carbocycles. The van der Waals surface area contributed by atoms with E-state index in [1.807, 2.05) is 18.2 Å². The molecule has 0 heterocycles. The number of benzene rings is 1. The summed E-state index contributed by atoms with van der Waals surface area (Å²) in [7, 11) is 1.59. The molecule has 0 bridgehead atoms. The van der Waals surface area contributed by atoms with Gasteiger partial charge in [0.15, 0.2) is 0 Å². The summed E-state index contributed by atoms with van der Waals surface area (Å²) in [6.07, 6.45) is 5.11. The van der Waals surface area contributed by atoms with Gasteiger partial charge in [0.1, 0.15) is 0 Å². The van der Waals surface area contributed by atoms with Crippen LogP contribution in [0.2, 0.25) is 0 Å². The zero-order chi connectivity index (χ0) is 13.5. The Balaban J connectivity index is 0. The predicted molar refractivity (Wildman–Crippen MR) is 72.6 cm³/mol. The molecule has 0 saturated heterocycles. The molecule has 1 amide bonds. The number of aliphatic hydroxyl groups is 1. The molecule has 1 aromatic rings. The Hall–Kier alpha value is -0.126. The van der Waals surface area contributed by atoms with E-state index in [2.05, 4.69) is 11.3 Å². The SMILES string of the molecule is C[CH-]C(=O)N(C)[C-]=Nc1ccccc1C(C)=CO.[V].[Yb]. The summed E-state index contributed by atoms with van der Waals surface area (Å²) in [5.41, 5.74) is 2.15. The van der Waals surface area contributed by atoms with Crippen molar-refractivity contribution in [1.29, 1.82) is 0 Å². The standard InChI is InChI=1S/C14H16N2O2.V.Yb/c1-4-14(18)16(3)10-15-13-8-6-5-7-12(13)11(2)9-17;;/h4-9,17H,1-3H3;;/q-2;;. The number of para-hydroxylation sites is 1. The molecule has 4 nitrogen and oxygen atoms in total. The molecule has 0 saturated carbocycles. The van der Waals surface area contributed by atoms with Crippen molar-refractivity contribution in [2.45, 2.75) is 13.8 Å². The van der Waals surface area contributed by atoms with E-state index in [1.165, 1.54) is 11.3 Å². The summed E-state index contributed by atoms with van der Waals surface area (Å²) >= 11 is 0. The average Bonchev–Trinajstić information content (AvgIpc) is 2.43. The molecule has 1 radical (unpaired) electrons. The second kappa shape index (κ2) is 11.5. The van der Waals surface area contributed by atoms with Crippen molar-refractivity contribution in [3.63, 3.8) is 0 Å². The molecule has 1 N–H and O–H groups in total. The summed E-state index contributed by atoms with van der Waals surface area (Å²) in [5, 5.41) is 9.02. The van der Waals surface area contributed by atoms with Gasteiger partial charge >= 0.3 is 0 Å². The zero-order valence-electron chi connectivity index (χ0n) is 11.4. The summed E-state index contributed by atoms with van der Waals surface area (Å²) in [4.78, 5) is 16.7. The number of rotatable bonds is 4. The number of amides is 1. The van der Waals surface area contributed by atoms with Crippen LogP contribution in [0.5, 0.6) is 0 Å². The Morgan fingerprint density at radius 3 is 2.60 bits per heavy atom. The molecule has 6 heteroatoms. The number of carbonyl (C=O) groups is 1. The van der Waals surface area contributed by atoms with E-state index in [1.54, 1.807) is 27.0 Å². The second-order valence-electron chi connectivity index (χ2n) is 3.73. The van der Waals surface area contributed by atoms with Crippen molar-refractivity contribution in [3.8, 4) is 0 Å². The van der Waals surface area contributed by atoms with Crippen LogP contribution in [0.1, 0.15) is 19.4 Å². The van der Waals surface area contributed by atoms with E-state index in [4.69, 9.17) is 5.11 Å². The van der Waals surface area contributed by atoms with Crippen LogP contribution in [0.3, 0.4) is 0 Å². The van der Waals surface area contributed by atoms with Gasteiger partial charge in [-0.25, -0.2) is 0 Å². The average molecular weight is 468 g/mol. The van der Waals surface area contributed by atoms with Crippen molar-refractivity contribution in [2.24, 2.45) is 4.99 Å². The van der Waals surface area contributed by atoms with Crippen LogP contribution in [-0.2, 0) is 23.4 Å². The van der Waals surface area contributed by atoms with E-state index in [0.717, 1.165) is 11.8 Å². The number of allylic oxidation sites excluding steroid dienone is 1. The van der Waals surface area contributed by atoms with E-state index in [0.29, 0.717) is 11.3 Å².